The van der Waals surface area contributed by atoms with E-state index in [0.717, 1.165) is 5.69 Å². The van der Waals surface area contributed by atoms with Crippen LogP contribution in [0.5, 0.6) is 0 Å². The highest BCUT2D eigenvalue weighted by Crippen LogP contribution is 2.19. The molecule has 0 bridgehead atoms. The van der Waals surface area contributed by atoms with Crippen molar-refractivity contribution in [2.75, 3.05) is 11.1 Å². The first-order chi connectivity index (χ1) is 11.1. The summed E-state index contributed by atoms with van der Waals surface area (Å²) in [6, 6.07) is 1.83. The van der Waals surface area contributed by atoms with E-state index in [9.17, 15) is 9.59 Å². The molecule has 3 aromatic heterocycles. The largest absolute Gasteiger partial charge is 0.353 e. The number of aromatic nitrogens is 4. The molecular weight excluding hydrogens is 334 g/mol. The summed E-state index contributed by atoms with van der Waals surface area (Å²) in [4.78, 5) is 35.9. The summed E-state index contributed by atoms with van der Waals surface area (Å²) in [5.41, 5.74) is 1.89. The summed E-state index contributed by atoms with van der Waals surface area (Å²) in [6.07, 6.45) is 1.63. The fourth-order valence-electron chi connectivity index (χ4n) is 2.17. The van der Waals surface area contributed by atoms with Crippen LogP contribution < -0.4 is 10.9 Å². The number of carbonyl (C=O) groups excluding carboxylic acids is 1. The van der Waals surface area contributed by atoms with Crippen LogP contribution in [0.25, 0.3) is 11.0 Å². The number of fused-ring (bicyclic) bond motifs is 1. The molecule has 0 saturated carbocycles. The van der Waals surface area contributed by atoms with Crippen molar-refractivity contribution >= 4 is 45.2 Å². The minimum atomic E-state index is -0.174. The Morgan fingerprint density at radius 1 is 1.52 bits per heavy atom. The van der Waals surface area contributed by atoms with Crippen molar-refractivity contribution < 1.29 is 4.79 Å². The molecule has 9 heteroatoms. The number of carbonyl (C=O) groups is 1. The standard InChI is InChI=1S/C14H15N5O2S2/c1-3-19-12(21)11-9(6-8(2)16-11)17-14(19)23-7-10(20)18-13-15-4-5-22-13/h4-6,16H,3,7H2,1-2H3,(H,15,18,20). The number of aromatic amines is 1. The van der Waals surface area contributed by atoms with Gasteiger partial charge in [0.25, 0.3) is 5.56 Å². The highest BCUT2D eigenvalue weighted by atomic mass is 32.2. The van der Waals surface area contributed by atoms with E-state index < -0.39 is 0 Å². The molecule has 3 rings (SSSR count). The molecule has 0 atom stereocenters. The van der Waals surface area contributed by atoms with Crippen LogP contribution in [0.1, 0.15) is 12.6 Å². The van der Waals surface area contributed by atoms with Gasteiger partial charge in [-0.2, -0.15) is 0 Å². The number of nitrogens with one attached hydrogen (secondary N) is 2. The lowest BCUT2D eigenvalue weighted by molar-refractivity contribution is -0.113. The Morgan fingerprint density at radius 2 is 2.35 bits per heavy atom. The van der Waals surface area contributed by atoms with Crippen LogP contribution in [-0.4, -0.2) is 31.2 Å². The molecule has 2 N–H and O–H groups in total. The van der Waals surface area contributed by atoms with Crippen LogP contribution in [0, 0.1) is 6.92 Å². The molecule has 1 amide bonds. The van der Waals surface area contributed by atoms with Crippen molar-refractivity contribution in [1.82, 2.24) is 19.5 Å². The fraction of sp³-hybridized carbons (Fsp3) is 0.286. The van der Waals surface area contributed by atoms with Gasteiger partial charge in [-0.3, -0.25) is 14.2 Å². The van der Waals surface area contributed by atoms with E-state index in [1.165, 1.54) is 23.1 Å². The van der Waals surface area contributed by atoms with E-state index in [-0.39, 0.29) is 17.2 Å². The van der Waals surface area contributed by atoms with E-state index in [4.69, 9.17) is 0 Å². The maximum atomic E-state index is 12.5. The van der Waals surface area contributed by atoms with Gasteiger partial charge >= 0.3 is 0 Å². The molecule has 23 heavy (non-hydrogen) atoms. The zero-order valence-corrected chi connectivity index (χ0v) is 14.3. The van der Waals surface area contributed by atoms with Crippen molar-refractivity contribution in [2.24, 2.45) is 0 Å². The molecule has 0 aliphatic carbocycles. The van der Waals surface area contributed by atoms with Crippen LogP contribution in [0.2, 0.25) is 0 Å². The molecule has 0 aliphatic heterocycles. The van der Waals surface area contributed by atoms with E-state index >= 15 is 0 Å². The summed E-state index contributed by atoms with van der Waals surface area (Å²) in [5, 5.41) is 5.61. The Hall–Kier alpha value is -2.13. The number of hydrogen-bond acceptors (Lipinski definition) is 6. The second kappa shape index (κ2) is 6.55. The van der Waals surface area contributed by atoms with Crippen molar-refractivity contribution in [3.8, 4) is 0 Å². The van der Waals surface area contributed by atoms with E-state index in [0.29, 0.717) is 27.9 Å². The minimum absolute atomic E-state index is 0.117. The van der Waals surface area contributed by atoms with Gasteiger partial charge in [0.15, 0.2) is 10.3 Å². The van der Waals surface area contributed by atoms with E-state index in [1.54, 1.807) is 16.1 Å². The number of nitrogens with zero attached hydrogens (tertiary/aromatic N) is 3. The molecule has 0 spiro atoms. The highest BCUT2D eigenvalue weighted by molar-refractivity contribution is 7.99. The summed E-state index contributed by atoms with van der Waals surface area (Å²) < 4.78 is 1.57. The lowest BCUT2D eigenvalue weighted by Gasteiger charge is -2.09. The van der Waals surface area contributed by atoms with Crippen LogP contribution in [0.15, 0.2) is 27.6 Å². The second-order valence-corrected chi connectivity index (χ2v) is 6.67. The first kappa shape index (κ1) is 15.8. The highest BCUT2D eigenvalue weighted by Gasteiger charge is 2.14. The van der Waals surface area contributed by atoms with Crippen LogP contribution >= 0.6 is 23.1 Å². The van der Waals surface area contributed by atoms with Crippen molar-refractivity contribution in [1.29, 1.82) is 0 Å². The van der Waals surface area contributed by atoms with Gasteiger partial charge in [-0.1, -0.05) is 11.8 Å². The lowest BCUT2D eigenvalue weighted by Crippen LogP contribution is -2.23. The minimum Gasteiger partial charge on any atom is -0.353 e. The third-order valence-electron chi connectivity index (χ3n) is 3.16. The predicted octanol–water partition coefficient (Wildman–Crippen LogP) is 2.24. The maximum Gasteiger partial charge on any atom is 0.278 e. The first-order valence-corrected chi connectivity index (χ1v) is 8.87. The number of anilines is 1. The van der Waals surface area contributed by atoms with Gasteiger partial charge in [-0.15, -0.1) is 11.3 Å². The number of hydrogen-bond donors (Lipinski definition) is 2. The van der Waals surface area contributed by atoms with Crippen LogP contribution in [0.3, 0.4) is 0 Å². The Balaban J connectivity index is 1.81. The normalized spacial score (nSPS) is 11.0. The van der Waals surface area contributed by atoms with Crippen molar-refractivity contribution in [3.63, 3.8) is 0 Å². The Morgan fingerprint density at radius 3 is 3.04 bits per heavy atom. The van der Waals surface area contributed by atoms with Gasteiger partial charge in [0.05, 0.1) is 11.3 Å². The first-order valence-electron chi connectivity index (χ1n) is 7.00. The average molecular weight is 349 g/mol. The van der Waals surface area contributed by atoms with Gasteiger partial charge < -0.3 is 10.3 Å². The molecule has 3 heterocycles. The summed E-state index contributed by atoms with van der Waals surface area (Å²) in [5.74, 6) is -0.00630. The maximum absolute atomic E-state index is 12.5. The zero-order chi connectivity index (χ0) is 16.4. The van der Waals surface area contributed by atoms with Crippen LogP contribution in [0.4, 0.5) is 5.13 Å². The summed E-state index contributed by atoms with van der Waals surface area (Å²) in [6.45, 7) is 4.26. The van der Waals surface area contributed by atoms with Crippen LogP contribution in [-0.2, 0) is 11.3 Å². The molecule has 0 saturated heterocycles. The average Bonchev–Trinajstić information content (AvgIpc) is 3.14. The SMILES string of the molecule is CCn1c(SCC(=O)Nc2nccs2)nc2cc(C)[nH]c2c1=O. The monoisotopic (exact) mass is 349 g/mol. The Bertz CT molecular complexity index is 898. The molecule has 0 radical (unpaired) electrons. The van der Waals surface area contributed by atoms with E-state index in [2.05, 4.69) is 20.3 Å². The fourth-order valence-corrected chi connectivity index (χ4v) is 3.58. The zero-order valence-electron chi connectivity index (χ0n) is 12.6. The molecule has 0 unspecified atom stereocenters. The lowest BCUT2D eigenvalue weighted by atomic mass is 10.4. The van der Waals surface area contributed by atoms with Crippen molar-refractivity contribution in [3.05, 3.63) is 33.7 Å². The predicted molar refractivity (Wildman–Crippen MR) is 92.2 cm³/mol. The smallest absolute Gasteiger partial charge is 0.278 e. The third-order valence-corrected chi connectivity index (χ3v) is 4.83. The number of thiazole rings is 1. The number of aryl methyl sites for hydroxylation is 1. The molecule has 7 nitrogen and oxygen atoms in total. The van der Waals surface area contributed by atoms with Gasteiger partial charge in [0.1, 0.15) is 5.52 Å². The Labute approximate surface area is 140 Å². The number of thioether (sulfide) groups is 1. The van der Waals surface area contributed by atoms with Gasteiger partial charge in [0, 0.05) is 23.8 Å². The quantitative estimate of drug-likeness (QED) is 0.544. The molecule has 120 valence electrons. The summed E-state index contributed by atoms with van der Waals surface area (Å²) >= 11 is 2.60. The second-order valence-electron chi connectivity index (χ2n) is 4.83. The number of amides is 1. The van der Waals surface area contributed by atoms with Crippen molar-refractivity contribution in [2.45, 2.75) is 25.5 Å². The molecule has 0 fully saturated rings. The third kappa shape index (κ3) is 3.30. The molecule has 3 aromatic rings. The summed E-state index contributed by atoms with van der Waals surface area (Å²) in [7, 11) is 0. The molecular formula is C14H15N5O2S2. The molecule has 0 aromatic carbocycles. The van der Waals surface area contributed by atoms with Gasteiger partial charge in [0.2, 0.25) is 5.91 Å². The number of H-pyrrole nitrogens is 1. The van der Waals surface area contributed by atoms with Gasteiger partial charge in [-0.25, -0.2) is 9.97 Å². The topological polar surface area (TPSA) is 92.7 Å². The van der Waals surface area contributed by atoms with E-state index in [1.807, 2.05) is 19.9 Å². The molecule has 0 aliphatic rings. The Kier molecular flexibility index (Phi) is 4.49. The van der Waals surface area contributed by atoms with Gasteiger partial charge in [-0.05, 0) is 19.9 Å². The number of rotatable bonds is 5.